The lowest BCUT2D eigenvalue weighted by atomic mass is 10.0. The van der Waals surface area contributed by atoms with Crippen LogP contribution in [0.5, 0.6) is 0 Å². The minimum absolute atomic E-state index is 0.621. The lowest BCUT2D eigenvalue weighted by molar-refractivity contribution is 0.900. The number of fused-ring (bicyclic) bond motifs is 2. The molecular formula is C13H12N4S. The number of nitrogens with two attached hydrogens (primary N) is 1. The van der Waals surface area contributed by atoms with Gasteiger partial charge in [0.1, 0.15) is 5.82 Å². The van der Waals surface area contributed by atoms with E-state index in [1.54, 1.807) is 11.3 Å². The highest BCUT2D eigenvalue weighted by atomic mass is 32.1. The van der Waals surface area contributed by atoms with E-state index >= 15 is 0 Å². The third kappa shape index (κ3) is 1.25. The number of nitrogens with one attached hydrogen (secondary N) is 1. The van der Waals surface area contributed by atoms with Crippen molar-refractivity contribution in [2.45, 2.75) is 19.3 Å². The summed E-state index contributed by atoms with van der Waals surface area (Å²) in [6.45, 7) is 0. The second-order valence-electron chi connectivity index (χ2n) is 4.58. The van der Waals surface area contributed by atoms with Crippen molar-refractivity contribution in [3.63, 3.8) is 0 Å². The number of aromatic amines is 1. The summed E-state index contributed by atoms with van der Waals surface area (Å²) >= 11 is 1.74. The number of nitrogen functional groups attached to an aromatic ring is 1. The number of H-pyrrole nitrogens is 1. The van der Waals surface area contributed by atoms with Crippen molar-refractivity contribution in [1.82, 2.24) is 15.2 Å². The van der Waals surface area contributed by atoms with E-state index in [0.717, 1.165) is 23.9 Å². The van der Waals surface area contributed by atoms with Crippen LogP contribution in [0.15, 0.2) is 17.5 Å². The maximum atomic E-state index is 6.02. The maximum Gasteiger partial charge on any atom is 0.184 e. The van der Waals surface area contributed by atoms with Crippen molar-refractivity contribution < 1.29 is 0 Å². The Hall–Kier alpha value is -1.88. The molecule has 0 radical (unpaired) electrons. The molecule has 0 fully saturated rings. The minimum atomic E-state index is 0.621. The molecular weight excluding hydrogens is 244 g/mol. The summed E-state index contributed by atoms with van der Waals surface area (Å²) in [6, 6.07) is 4.22. The SMILES string of the molecule is Nc1[nH]nc2nc3c(c(-c4cccs4)c12)CCC3. The molecule has 3 aromatic rings. The Morgan fingerprint density at radius 3 is 3.11 bits per heavy atom. The van der Waals surface area contributed by atoms with Crippen molar-refractivity contribution in [3.8, 4) is 10.4 Å². The van der Waals surface area contributed by atoms with E-state index in [-0.39, 0.29) is 0 Å². The summed E-state index contributed by atoms with van der Waals surface area (Å²) < 4.78 is 0. The average molecular weight is 256 g/mol. The van der Waals surface area contributed by atoms with Crippen LogP contribution in [-0.2, 0) is 12.8 Å². The quantitative estimate of drug-likeness (QED) is 0.703. The summed E-state index contributed by atoms with van der Waals surface area (Å²) in [5, 5.41) is 10.1. The highest BCUT2D eigenvalue weighted by molar-refractivity contribution is 7.13. The van der Waals surface area contributed by atoms with Crippen molar-refractivity contribution in [2.24, 2.45) is 0 Å². The van der Waals surface area contributed by atoms with Crippen molar-refractivity contribution >= 4 is 28.2 Å². The molecule has 0 amide bonds. The fourth-order valence-corrected chi connectivity index (χ4v) is 3.57. The maximum absolute atomic E-state index is 6.02. The first-order chi connectivity index (χ1) is 8.84. The van der Waals surface area contributed by atoms with E-state index in [1.807, 2.05) is 0 Å². The molecule has 4 rings (SSSR count). The van der Waals surface area contributed by atoms with Gasteiger partial charge in [0.2, 0.25) is 0 Å². The molecule has 5 heteroatoms. The van der Waals surface area contributed by atoms with E-state index in [4.69, 9.17) is 5.73 Å². The Balaban J connectivity index is 2.17. The number of rotatable bonds is 1. The molecule has 4 nitrogen and oxygen atoms in total. The van der Waals surface area contributed by atoms with Crippen LogP contribution < -0.4 is 5.73 Å². The predicted molar refractivity (Wildman–Crippen MR) is 73.6 cm³/mol. The summed E-state index contributed by atoms with van der Waals surface area (Å²) in [7, 11) is 0. The number of hydrogen-bond acceptors (Lipinski definition) is 4. The molecule has 0 bridgehead atoms. The molecule has 3 aromatic heterocycles. The van der Waals surface area contributed by atoms with Gasteiger partial charge in [0, 0.05) is 16.1 Å². The molecule has 0 aromatic carbocycles. The lowest BCUT2D eigenvalue weighted by Gasteiger charge is -2.08. The van der Waals surface area contributed by atoms with E-state index < -0.39 is 0 Å². The van der Waals surface area contributed by atoms with E-state index in [1.165, 1.54) is 28.1 Å². The zero-order valence-electron chi connectivity index (χ0n) is 9.73. The Kier molecular flexibility index (Phi) is 1.99. The first-order valence-electron chi connectivity index (χ1n) is 6.04. The zero-order valence-corrected chi connectivity index (χ0v) is 10.5. The molecule has 90 valence electrons. The topological polar surface area (TPSA) is 67.6 Å². The lowest BCUT2D eigenvalue weighted by Crippen LogP contribution is -1.95. The van der Waals surface area contributed by atoms with Gasteiger partial charge in [-0.3, -0.25) is 5.10 Å². The summed E-state index contributed by atoms with van der Waals surface area (Å²) in [4.78, 5) is 5.89. The third-order valence-electron chi connectivity index (χ3n) is 3.52. The first-order valence-corrected chi connectivity index (χ1v) is 6.92. The van der Waals surface area contributed by atoms with Crippen molar-refractivity contribution in [1.29, 1.82) is 0 Å². The molecule has 0 spiro atoms. The highest BCUT2D eigenvalue weighted by Crippen LogP contribution is 2.40. The predicted octanol–water partition coefficient (Wildman–Crippen LogP) is 2.76. The fourth-order valence-electron chi connectivity index (χ4n) is 2.76. The van der Waals surface area contributed by atoms with Crippen LogP contribution in [0.1, 0.15) is 17.7 Å². The Morgan fingerprint density at radius 2 is 2.28 bits per heavy atom. The summed E-state index contributed by atoms with van der Waals surface area (Å²) in [5.74, 6) is 0.621. The van der Waals surface area contributed by atoms with E-state index in [9.17, 15) is 0 Å². The number of pyridine rings is 1. The molecule has 3 N–H and O–H groups in total. The molecule has 3 heterocycles. The van der Waals surface area contributed by atoms with Gasteiger partial charge in [-0.2, -0.15) is 5.10 Å². The van der Waals surface area contributed by atoms with Gasteiger partial charge in [0.15, 0.2) is 5.65 Å². The van der Waals surface area contributed by atoms with Gasteiger partial charge in [-0.15, -0.1) is 11.3 Å². The number of aromatic nitrogens is 3. The molecule has 0 saturated carbocycles. The first kappa shape index (κ1) is 10.1. The second kappa shape index (κ2) is 3.55. The van der Waals surface area contributed by atoms with Crippen LogP contribution in [0.3, 0.4) is 0 Å². The average Bonchev–Trinajstić information content (AvgIpc) is 3.07. The van der Waals surface area contributed by atoms with E-state index in [2.05, 4.69) is 32.7 Å². The van der Waals surface area contributed by atoms with Crippen LogP contribution in [0.4, 0.5) is 5.82 Å². The van der Waals surface area contributed by atoms with Gasteiger partial charge in [0.25, 0.3) is 0 Å². The molecule has 0 atom stereocenters. The number of anilines is 1. The number of nitrogens with zero attached hydrogens (tertiary/aromatic N) is 2. The van der Waals surface area contributed by atoms with Gasteiger partial charge in [0.05, 0.1) is 5.39 Å². The number of hydrogen-bond donors (Lipinski definition) is 2. The monoisotopic (exact) mass is 256 g/mol. The Morgan fingerprint density at radius 1 is 1.33 bits per heavy atom. The summed E-state index contributed by atoms with van der Waals surface area (Å²) in [6.07, 6.45) is 3.32. The van der Waals surface area contributed by atoms with Crippen LogP contribution in [0.25, 0.3) is 21.5 Å². The highest BCUT2D eigenvalue weighted by Gasteiger charge is 2.23. The smallest absolute Gasteiger partial charge is 0.184 e. The van der Waals surface area contributed by atoms with Crippen LogP contribution in [0.2, 0.25) is 0 Å². The zero-order chi connectivity index (χ0) is 12.1. The fraction of sp³-hybridized carbons (Fsp3) is 0.231. The molecule has 0 saturated heterocycles. The number of thiophene rings is 1. The second-order valence-corrected chi connectivity index (χ2v) is 5.53. The van der Waals surface area contributed by atoms with E-state index in [0.29, 0.717) is 5.82 Å². The van der Waals surface area contributed by atoms with Gasteiger partial charge < -0.3 is 5.73 Å². The van der Waals surface area contributed by atoms with Crippen molar-refractivity contribution in [2.75, 3.05) is 5.73 Å². The molecule has 1 aliphatic carbocycles. The normalized spacial score (nSPS) is 14.2. The molecule has 1 aliphatic rings. The van der Waals surface area contributed by atoms with Gasteiger partial charge >= 0.3 is 0 Å². The molecule has 18 heavy (non-hydrogen) atoms. The number of aryl methyl sites for hydroxylation is 1. The van der Waals surface area contributed by atoms with Crippen LogP contribution in [-0.4, -0.2) is 15.2 Å². The van der Waals surface area contributed by atoms with Crippen molar-refractivity contribution in [3.05, 3.63) is 28.8 Å². The third-order valence-corrected chi connectivity index (χ3v) is 4.41. The summed E-state index contributed by atoms with van der Waals surface area (Å²) in [5.41, 5.74) is 10.6. The van der Waals surface area contributed by atoms with Gasteiger partial charge in [-0.1, -0.05) is 6.07 Å². The van der Waals surface area contributed by atoms with Gasteiger partial charge in [-0.05, 0) is 36.3 Å². The van der Waals surface area contributed by atoms with Crippen LogP contribution in [0, 0.1) is 0 Å². The minimum Gasteiger partial charge on any atom is -0.383 e. The Bertz CT molecular complexity index is 727. The molecule has 0 aliphatic heterocycles. The Labute approximate surface area is 108 Å². The van der Waals surface area contributed by atoms with Gasteiger partial charge in [-0.25, -0.2) is 4.98 Å². The standard InChI is InChI=1S/C13H12N4S/c14-12-11-10(9-5-2-6-18-9)7-3-1-4-8(7)15-13(11)17-16-12/h2,5-6H,1,3-4H2,(H3,14,15,16,17). The molecule has 0 unspecified atom stereocenters. The largest absolute Gasteiger partial charge is 0.383 e. The van der Waals surface area contributed by atoms with Crippen LogP contribution >= 0.6 is 11.3 Å².